The minimum absolute atomic E-state index is 0.822. The Labute approximate surface area is 687 Å². The van der Waals surface area contributed by atoms with Crippen molar-refractivity contribution in [1.29, 1.82) is 0 Å². The van der Waals surface area contributed by atoms with E-state index in [2.05, 4.69) is 85.2 Å². The molecule has 0 saturated carbocycles. The summed E-state index contributed by atoms with van der Waals surface area (Å²) in [5, 5.41) is 14.6. The van der Waals surface area contributed by atoms with E-state index < -0.39 is 0 Å². The molecule has 10 heterocycles. The molecule has 0 amide bonds. The van der Waals surface area contributed by atoms with Crippen LogP contribution in [0, 0.1) is 69.2 Å². The van der Waals surface area contributed by atoms with Crippen molar-refractivity contribution < 1.29 is 0 Å². The summed E-state index contributed by atoms with van der Waals surface area (Å²) in [5.41, 5.74) is 9.68. The van der Waals surface area contributed by atoms with E-state index in [1.807, 2.05) is 419 Å². The zero-order chi connectivity index (χ0) is 91.1. The first kappa shape index (κ1) is 154. The average molecular weight is 1540 g/mol. The zero-order valence-corrected chi connectivity index (χ0v) is 81.7. The third kappa shape index (κ3) is 189. The zero-order valence-electron chi connectivity index (χ0n) is 81.7. The number of nitrogens with zero attached hydrogens (tertiary/aromatic N) is 17. The molecule has 110 heavy (non-hydrogen) atoms. The molecule has 10 rings (SSSR count). The van der Waals surface area contributed by atoms with Gasteiger partial charge in [0.15, 0.2) is 0 Å². The highest BCUT2D eigenvalue weighted by Crippen LogP contribution is 1.91. The summed E-state index contributed by atoms with van der Waals surface area (Å²) < 4.78 is 0. The molecule has 17 heteroatoms. The van der Waals surface area contributed by atoms with Crippen molar-refractivity contribution in [2.75, 3.05) is 0 Å². The lowest BCUT2D eigenvalue weighted by molar-refractivity contribution is 0.980. The molecule has 0 aliphatic carbocycles. The molecule has 0 aliphatic heterocycles. The highest BCUT2D eigenvalue weighted by atomic mass is 15.1. The number of pyridine rings is 3. The fraction of sp³-hybridized carbons (Fsp3) is 0.538. The van der Waals surface area contributed by atoms with E-state index in [1.165, 1.54) is 23.8 Å². The van der Waals surface area contributed by atoms with Crippen molar-refractivity contribution >= 4 is 0 Å². The van der Waals surface area contributed by atoms with Gasteiger partial charge in [0.25, 0.3) is 0 Å². The molecule has 0 fully saturated rings. The summed E-state index contributed by atoms with van der Waals surface area (Å²) in [4.78, 5) is 50.1. The number of aryl methyl sites for hydroxylation is 10. The Bertz CT molecular complexity index is 1990. The Morgan fingerprint density at radius 3 is 0.673 bits per heavy atom. The summed E-state index contributed by atoms with van der Waals surface area (Å²) in [6, 6.07) is 23.1. The van der Waals surface area contributed by atoms with Gasteiger partial charge in [0.05, 0.1) is 23.3 Å². The van der Waals surface area contributed by atoms with Gasteiger partial charge in [-0.15, -0.1) is 0 Å². The third-order valence-electron chi connectivity index (χ3n) is 7.41. The highest BCUT2D eigenvalue weighted by Gasteiger charge is 1.80. The van der Waals surface area contributed by atoms with E-state index in [4.69, 9.17) is 0 Å². The lowest BCUT2D eigenvalue weighted by Crippen LogP contribution is -1.80. The van der Waals surface area contributed by atoms with E-state index in [1.54, 1.807) is 118 Å². The van der Waals surface area contributed by atoms with Crippen LogP contribution in [0.4, 0.5) is 0 Å². The fourth-order valence-electron chi connectivity index (χ4n) is 3.91. The number of aromatic nitrogens is 17. The Kier molecular flexibility index (Phi) is 272. The van der Waals surface area contributed by atoms with Crippen LogP contribution in [0.3, 0.4) is 0 Å². The van der Waals surface area contributed by atoms with Crippen molar-refractivity contribution in [2.24, 2.45) is 0 Å². The Morgan fingerprint density at radius 1 is 0.164 bits per heavy atom. The first-order valence-electron chi connectivity index (χ1n) is 41.7. The minimum atomic E-state index is 0.822. The molecule has 640 valence electrons. The minimum Gasteiger partial charge on any atom is -0.265 e. The molecule has 10 aromatic heterocycles. The summed E-state index contributed by atoms with van der Waals surface area (Å²) in [5.74, 6) is 0.822. The fourth-order valence-corrected chi connectivity index (χ4v) is 3.91. The molecule has 0 bridgehead atoms. The topological polar surface area (TPSA) is 219 Å². The average Bonchev–Trinajstić information content (AvgIpc) is 2.03. The number of hydrogen-bond acceptors (Lipinski definition) is 17. The van der Waals surface area contributed by atoms with Crippen molar-refractivity contribution in [1.82, 2.24) is 85.2 Å². The third-order valence-corrected chi connectivity index (χ3v) is 7.41. The summed E-state index contributed by atoms with van der Waals surface area (Å²) in [7, 11) is 0. The van der Waals surface area contributed by atoms with Gasteiger partial charge < -0.3 is 0 Å². The van der Waals surface area contributed by atoms with Crippen molar-refractivity contribution in [3.8, 4) is 0 Å². The molecular formula is C93H183N17. The van der Waals surface area contributed by atoms with Crippen LogP contribution in [0.2, 0.25) is 0 Å². The van der Waals surface area contributed by atoms with Gasteiger partial charge in [-0.25, -0.2) is 29.9 Å². The normalized spacial score (nSPS) is 6.64. The van der Waals surface area contributed by atoms with Gasteiger partial charge in [-0.3, -0.25) is 34.9 Å². The molecule has 0 saturated heterocycles. The Hall–Kier alpha value is -8.99. The lowest BCUT2D eigenvalue weighted by atomic mass is 10.3. The first-order valence-corrected chi connectivity index (χ1v) is 41.7. The van der Waals surface area contributed by atoms with Crippen LogP contribution in [0.5, 0.6) is 0 Å². The van der Waals surface area contributed by atoms with Crippen molar-refractivity contribution in [3.05, 3.63) is 260 Å². The Balaban J connectivity index is -0.0000000432. The SMILES string of the molecule is CC.CC.CC.CC.CC.CC.CC.CC.CC.CC.CC.CC.CC.CC.CC.CC.CC.CC.CC.CC.Cc1ccccn1.Cc1cccnc1.Cc1cccnn1.Cc1ccncc1.Cc1ccncn1.Cc1ccnnc1.Cc1cnccn1.Cc1cnccn1.Cc1cncnc1.Cc1ncccn1. The smallest absolute Gasteiger partial charge is 0.125 e. The van der Waals surface area contributed by atoms with Gasteiger partial charge in [0.1, 0.15) is 18.5 Å². The van der Waals surface area contributed by atoms with Crippen molar-refractivity contribution in [3.63, 3.8) is 0 Å². The molecule has 0 atom stereocenters. The molecule has 17 nitrogen and oxygen atoms in total. The van der Waals surface area contributed by atoms with Crippen molar-refractivity contribution in [2.45, 2.75) is 346 Å². The maximum absolute atomic E-state index is 3.98. The van der Waals surface area contributed by atoms with Gasteiger partial charge in [-0.05, 0) is 152 Å². The highest BCUT2D eigenvalue weighted by molar-refractivity contribution is 5.06. The van der Waals surface area contributed by atoms with Crippen LogP contribution in [0.25, 0.3) is 0 Å². The van der Waals surface area contributed by atoms with E-state index in [-0.39, 0.29) is 0 Å². The van der Waals surface area contributed by atoms with Gasteiger partial charge in [-0.1, -0.05) is 289 Å². The van der Waals surface area contributed by atoms with E-state index >= 15 is 0 Å². The maximum Gasteiger partial charge on any atom is 0.125 e. The molecular weight excluding hydrogens is 1360 g/mol. The summed E-state index contributed by atoms with van der Waals surface area (Å²) in [6.45, 7) is 99.5. The standard InChI is InChI=1S/3C6H7N.7C5H6N2.20C2H6/c1-6-2-4-7-5-3-6;1-6-3-2-4-7-5-6;1-6-4-2-3-5-7-6;1-5-2-6-4-7-3-5;2*1-5-4-6-2-3-7-5;1-5-2-3-6-4-7-5;1-5-2-3-6-7-4-5;1-5-6-3-2-4-7-5;1-5-3-2-4-6-7-5;20*1-2/h3*2-5H,1H3;7*2-4H,1H3;20*1-2H3. The molecule has 0 N–H and O–H groups in total. The molecule has 0 radical (unpaired) electrons. The van der Waals surface area contributed by atoms with Crippen LogP contribution in [-0.2, 0) is 0 Å². The largest absolute Gasteiger partial charge is 0.265 e. The van der Waals surface area contributed by atoms with Gasteiger partial charge >= 0.3 is 0 Å². The molecule has 0 aliphatic rings. The lowest BCUT2D eigenvalue weighted by Gasteiger charge is -1.82. The van der Waals surface area contributed by atoms with Gasteiger partial charge in [-0.2, -0.15) is 20.4 Å². The molecule has 0 spiro atoms. The molecule has 0 unspecified atom stereocenters. The molecule has 10 aromatic rings. The monoisotopic (exact) mass is 1540 g/mol. The van der Waals surface area contributed by atoms with Crippen LogP contribution >= 0.6 is 0 Å². The van der Waals surface area contributed by atoms with Gasteiger partial charge in [0, 0.05) is 123 Å². The molecule has 0 aromatic carbocycles. The van der Waals surface area contributed by atoms with E-state index in [0.717, 1.165) is 45.4 Å². The van der Waals surface area contributed by atoms with E-state index in [0.29, 0.717) is 0 Å². The van der Waals surface area contributed by atoms with Gasteiger partial charge in [0.2, 0.25) is 0 Å². The van der Waals surface area contributed by atoms with Crippen LogP contribution < -0.4 is 0 Å². The maximum atomic E-state index is 3.98. The quantitative estimate of drug-likeness (QED) is 0.138. The number of hydrogen-bond donors (Lipinski definition) is 0. The first-order chi connectivity index (χ1) is 53.9. The second kappa shape index (κ2) is 194. The van der Waals surface area contributed by atoms with Crippen LogP contribution in [0.15, 0.2) is 203 Å². The van der Waals surface area contributed by atoms with Crippen LogP contribution in [-0.4, -0.2) is 85.2 Å². The predicted octanol–water partition coefficient (Wildman–Crippen LogP) is 30.2. The number of rotatable bonds is 0. The Morgan fingerprint density at radius 2 is 0.509 bits per heavy atom. The summed E-state index contributed by atoms with van der Waals surface area (Å²) >= 11 is 0. The predicted molar refractivity (Wildman–Crippen MR) is 501 cm³/mol. The summed E-state index contributed by atoms with van der Waals surface area (Å²) in [6.07, 6.45) is 35.9. The van der Waals surface area contributed by atoms with E-state index in [9.17, 15) is 0 Å². The van der Waals surface area contributed by atoms with Crippen LogP contribution in [0.1, 0.15) is 333 Å². The second-order valence-electron chi connectivity index (χ2n) is 14.1. The second-order valence-corrected chi connectivity index (χ2v) is 14.1.